The lowest BCUT2D eigenvalue weighted by molar-refractivity contribution is -0.685. The van der Waals surface area contributed by atoms with Crippen LogP contribution in [-0.4, -0.2) is 29.9 Å². The lowest BCUT2D eigenvalue weighted by Crippen LogP contribution is -2.36. The predicted octanol–water partition coefficient (Wildman–Crippen LogP) is 0.863. The Morgan fingerprint density at radius 3 is 2.90 bits per heavy atom. The molecule has 0 bridgehead atoms. The minimum absolute atomic E-state index is 0.389. The fourth-order valence-electron chi connectivity index (χ4n) is 2.28. The highest BCUT2D eigenvalue weighted by Gasteiger charge is 2.16. The van der Waals surface area contributed by atoms with Crippen LogP contribution in [0.1, 0.15) is 12.7 Å². The first-order valence-corrected chi connectivity index (χ1v) is 6.55. The number of hydrogen-bond donors (Lipinski definition) is 1. The predicted molar refractivity (Wildman–Crippen MR) is 74.2 cm³/mol. The average Bonchev–Trinajstić information content (AvgIpc) is 3.10. The van der Waals surface area contributed by atoms with Crippen molar-refractivity contribution in [1.29, 1.82) is 0 Å². The number of aryl methyl sites for hydroxylation is 1. The van der Waals surface area contributed by atoms with Crippen LogP contribution in [0.2, 0.25) is 0 Å². The van der Waals surface area contributed by atoms with E-state index in [1.165, 1.54) is 4.52 Å². The minimum atomic E-state index is 0.389. The van der Waals surface area contributed by atoms with E-state index in [0.717, 1.165) is 27.1 Å². The second-order valence-corrected chi connectivity index (χ2v) is 4.64. The minimum Gasteiger partial charge on any atom is -0.692 e. The van der Waals surface area contributed by atoms with Gasteiger partial charge in [-0.25, -0.2) is 0 Å². The Morgan fingerprint density at radius 1 is 1.19 bits per heavy atom. The zero-order valence-corrected chi connectivity index (χ0v) is 11.2. The molecule has 0 aliphatic heterocycles. The van der Waals surface area contributed by atoms with Gasteiger partial charge in [0.05, 0.1) is 18.3 Å². The summed E-state index contributed by atoms with van der Waals surface area (Å²) in [7, 11) is 0. The molecule has 0 atom stereocenters. The third-order valence-electron chi connectivity index (χ3n) is 3.37. The number of benzene rings is 1. The van der Waals surface area contributed by atoms with Gasteiger partial charge >= 0.3 is 11.6 Å². The van der Waals surface area contributed by atoms with Crippen LogP contribution in [0.3, 0.4) is 0 Å². The molecule has 8 nitrogen and oxygen atoms in total. The third kappa shape index (κ3) is 1.72. The number of aromatic amines is 1. The number of fused-ring (bicyclic) bond motifs is 2. The summed E-state index contributed by atoms with van der Waals surface area (Å²) in [6, 6.07) is 7.46. The van der Waals surface area contributed by atoms with Gasteiger partial charge in [0.15, 0.2) is 0 Å². The zero-order chi connectivity index (χ0) is 14.4. The lowest BCUT2D eigenvalue weighted by Gasteiger charge is -2.02. The molecule has 1 N–H and O–H groups in total. The van der Waals surface area contributed by atoms with Crippen LogP contribution in [0.4, 0.5) is 0 Å². The van der Waals surface area contributed by atoms with E-state index in [0.29, 0.717) is 18.0 Å². The van der Waals surface area contributed by atoms with Gasteiger partial charge in [-0.15, -0.1) is 9.36 Å². The number of hydrogen-bond acceptors (Lipinski definition) is 5. The van der Waals surface area contributed by atoms with Crippen LogP contribution < -0.4 is 4.85 Å². The summed E-state index contributed by atoms with van der Waals surface area (Å²) in [4.78, 5) is 9.43. The van der Waals surface area contributed by atoms with Crippen molar-refractivity contribution in [2.45, 2.75) is 13.3 Å². The van der Waals surface area contributed by atoms with Gasteiger partial charge in [0.25, 0.3) is 0 Å². The van der Waals surface area contributed by atoms with Gasteiger partial charge in [-0.1, -0.05) is 13.0 Å². The van der Waals surface area contributed by atoms with Crippen molar-refractivity contribution < 1.29 is 4.85 Å². The molecule has 4 rings (SSSR count). The molecule has 0 amide bonds. The highest BCUT2D eigenvalue weighted by molar-refractivity contribution is 5.80. The Bertz CT molecular complexity index is 956. The van der Waals surface area contributed by atoms with E-state index in [1.54, 1.807) is 12.3 Å². The average molecular weight is 281 g/mol. The molecule has 3 heterocycles. The molecule has 104 valence electrons. The monoisotopic (exact) mass is 281 g/mol. The second-order valence-electron chi connectivity index (χ2n) is 4.64. The molecule has 21 heavy (non-hydrogen) atoms. The molecule has 4 aromatic rings. The van der Waals surface area contributed by atoms with Crippen molar-refractivity contribution in [1.82, 2.24) is 29.9 Å². The van der Waals surface area contributed by atoms with Gasteiger partial charge in [-0.05, 0) is 18.2 Å². The molecular formula is C13H11N7O. The van der Waals surface area contributed by atoms with Crippen LogP contribution in [0.25, 0.3) is 28.1 Å². The number of nitrogens with one attached hydrogen (secondary N) is 1. The van der Waals surface area contributed by atoms with Crippen LogP contribution in [-0.2, 0) is 6.42 Å². The lowest BCUT2D eigenvalue weighted by atomic mass is 10.1. The first-order chi connectivity index (χ1) is 10.3. The Kier molecular flexibility index (Phi) is 2.37. The number of aromatic nitrogens is 7. The molecule has 0 aliphatic rings. The Morgan fingerprint density at radius 2 is 2.05 bits per heavy atom. The molecule has 0 saturated heterocycles. The molecular weight excluding hydrogens is 270 g/mol. The van der Waals surface area contributed by atoms with Gasteiger partial charge in [0.1, 0.15) is 11.0 Å². The molecule has 0 unspecified atom stereocenters. The number of rotatable bonds is 2. The fourth-order valence-corrected chi connectivity index (χ4v) is 2.28. The Balaban J connectivity index is 1.89. The largest absolute Gasteiger partial charge is 0.692 e. The number of H-pyrrole nitrogens is 1. The van der Waals surface area contributed by atoms with Crippen LogP contribution in [0.15, 0.2) is 30.5 Å². The molecule has 0 spiro atoms. The van der Waals surface area contributed by atoms with E-state index in [4.69, 9.17) is 0 Å². The molecule has 8 heteroatoms. The van der Waals surface area contributed by atoms with Crippen molar-refractivity contribution in [3.05, 3.63) is 41.5 Å². The molecule has 0 saturated carbocycles. The van der Waals surface area contributed by atoms with E-state index < -0.39 is 0 Å². The fraction of sp³-hybridized carbons (Fsp3) is 0.154. The molecule has 3 aromatic heterocycles. The second kappa shape index (κ2) is 4.23. The van der Waals surface area contributed by atoms with E-state index in [2.05, 4.69) is 25.4 Å². The maximum Gasteiger partial charge on any atom is 0.381 e. The summed E-state index contributed by atoms with van der Waals surface area (Å²) >= 11 is 0. The first kappa shape index (κ1) is 11.8. The quantitative estimate of drug-likeness (QED) is 0.434. The normalized spacial score (nSPS) is 11.5. The topological polar surface area (TPSA) is 98.7 Å². The highest BCUT2D eigenvalue weighted by Crippen LogP contribution is 2.20. The maximum absolute atomic E-state index is 11.9. The van der Waals surface area contributed by atoms with Crippen molar-refractivity contribution in [3.63, 3.8) is 0 Å². The molecule has 0 aliphatic carbocycles. The van der Waals surface area contributed by atoms with E-state index in [1.807, 2.05) is 25.1 Å². The summed E-state index contributed by atoms with van der Waals surface area (Å²) in [5.74, 6) is 0.839. The maximum atomic E-state index is 11.9. The third-order valence-corrected chi connectivity index (χ3v) is 3.37. The zero-order valence-electron chi connectivity index (χ0n) is 11.2. The van der Waals surface area contributed by atoms with E-state index >= 15 is 0 Å². The van der Waals surface area contributed by atoms with Crippen molar-refractivity contribution in [2.24, 2.45) is 0 Å². The summed E-state index contributed by atoms with van der Waals surface area (Å²) in [5.41, 5.74) is 3.20. The van der Waals surface area contributed by atoms with Gasteiger partial charge in [-0.2, -0.15) is 20.4 Å². The standard InChI is InChI=1S/C13H11N7O/c1-2-12-15-13-14-9(5-6-19(13)20(12)21)8-3-4-10-11(7-8)17-18-16-10/h3-7H,2H2,1H3,(H,16,17,18). The van der Waals surface area contributed by atoms with Gasteiger partial charge in [-0.3, -0.25) is 0 Å². The Hall–Kier alpha value is -3.03. The highest BCUT2D eigenvalue weighted by atomic mass is 16.5. The molecule has 0 fully saturated rings. The van der Waals surface area contributed by atoms with Crippen molar-refractivity contribution >= 4 is 16.8 Å². The molecule has 1 aromatic carbocycles. The van der Waals surface area contributed by atoms with Gasteiger partial charge < -0.3 is 5.21 Å². The van der Waals surface area contributed by atoms with E-state index in [-0.39, 0.29) is 0 Å². The summed E-state index contributed by atoms with van der Waals surface area (Å²) < 4.78 is 1.39. The summed E-state index contributed by atoms with van der Waals surface area (Å²) in [6.45, 7) is 1.88. The van der Waals surface area contributed by atoms with Gasteiger partial charge in [0.2, 0.25) is 0 Å². The van der Waals surface area contributed by atoms with E-state index in [9.17, 15) is 5.21 Å². The van der Waals surface area contributed by atoms with Gasteiger partial charge in [0, 0.05) is 10.5 Å². The Labute approximate surface area is 118 Å². The van der Waals surface area contributed by atoms with Crippen LogP contribution >= 0.6 is 0 Å². The first-order valence-electron chi connectivity index (χ1n) is 6.55. The smallest absolute Gasteiger partial charge is 0.381 e. The molecule has 0 radical (unpaired) electrons. The summed E-state index contributed by atoms with van der Waals surface area (Å²) in [5, 5.41) is 22.6. The van der Waals surface area contributed by atoms with Crippen LogP contribution in [0, 0.1) is 5.21 Å². The van der Waals surface area contributed by atoms with Crippen molar-refractivity contribution in [2.75, 3.05) is 0 Å². The van der Waals surface area contributed by atoms with Crippen LogP contribution in [0.5, 0.6) is 0 Å². The summed E-state index contributed by atoms with van der Waals surface area (Å²) in [6.07, 6.45) is 2.23. The number of nitrogens with zero attached hydrogens (tertiary/aromatic N) is 6. The SMILES string of the molecule is CCc1nc2nc(-c3ccc4n[nH]nc4c3)ccn2[n+]1[O-]. The van der Waals surface area contributed by atoms with Crippen molar-refractivity contribution in [3.8, 4) is 11.3 Å².